The van der Waals surface area contributed by atoms with Crippen LogP contribution in [0, 0.1) is 21.4 Å². The molecular formula is C13H10N4O3. The summed E-state index contributed by atoms with van der Waals surface area (Å²) in [5, 5.41) is 27.3. The number of benzene rings is 1. The van der Waals surface area contributed by atoms with Crippen molar-refractivity contribution in [2.24, 2.45) is 0 Å². The largest absolute Gasteiger partial charge is 0.429 e. The second-order valence-corrected chi connectivity index (χ2v) is 3.88. The zero-order valence-corrected chi connectivity index (χ0v) is 10.6. The van der Waals surface area contributed by atoms with E-state index in [1.807, 2.05) is 13.0 Å². The number of aryl methyl sites for hydroxylation is 1. The van der Waals surface area contributed by atoms with Gasteiger partial charge in [0.25, 0.3) is 5.88 Å². The van der Waals surface area contributed by atoms with Crippen molar-refractivity contribution in [3.8, 4) is 17.7 Å². The van der Waals surface area contributed by atoms with Crippen LogP contribution < -0.4 is 4.74 Å². The van der Waals surface area contributed by atoms with Crippen LogP contribution >= 0.6 is 0 Å². The Morgan fingerprint density at radius 1 is 1.45 bits per heavy atom. The van der Waals surface area contributed by atoms with E-state index in [0.717, 1.165) is 5.56 Å². The van der Waals surface area contributed by atoms with E-state index in [0.29, 0.717) is 6.42 Å². The molecule has 0 saturated carbocycles. The molecule has 0 aliphatic heterocycles. The molecule has 1 heterocycles. The van der Waals surface area contributed by atoms with E-state index < -0.39 is 4.92 Å². The van der Waals surface area contributed by atoms with Gasteiger partial charge in [0.2, 0.25) is 5.75 Å². The molecule has 0 saturated heterocycles. The van der Waals surface area contributed by atoms with Crippen LogP contribution in [0.3, 0.4) is 0 Å². The van der Waals surface area contributed by atoms with Crippen molar-refractivity contribution in [1.29, 1.82) is 5.26 Å². The van der Waals surface area contributed by atoms with E-state index in [1.54, 1.807) is 6.07 Å². The van der Waals surface area contributed by atoms with E-state index in [9.17, 15) is 10.1 Å². The molecular weight excluding hydrogens is 260 g/mol. The number of hydrogen-bond donors (Lipinski definition) is 0. The molecule has 0 atom stereocenters. The molecule has 2 rings (SSSR count). The summed E-state index contributed by atoms with van der Waals surface area (Å²) >= 11 is 0. The number of nitro groups is 1. The number of aromatic nitrogens is 2. The molecule has 0 aliphatic rings. The second-order valence-electron chi connectivity index (χ2n) is 3.88. The zero-order chi connectivity index (χ0) is 14.5. The standard InChI is InChI=1S/C13H10N4O3/c1-2-9-3-4-12(11(7-9)17(18)19)20-13-10(8-14)5-6-15-16-13/h3-7H,2H2,1H3. The maximum atomic E-state index is 11.1. The van der Waals surface area contributed by atoms with Gasteiger partial charge in [-0.05, 0) is 24.1 Å². The number of hydrogen-bond acceptors (Lipinski definition) is 6. The van der Waals surface area contributed by atoms with Crippen LogP contribution in [0.15, 0.2) is 30.5 Å². The summed E-state index contributed by atoms with van der Waals surface area (Å²) in [5.74, 6) is -0.0217. The molecule has 1 aromatic heterocycles. The molecule has 20 heavy (non-hydrogen) atoms. The third kappa shape index (κ3) is 2.70. The predicted molar refractivity (Wildman–Crippen MR) is 69.3 cm³/mol. The summed E-state index contributed by atoms with van der Waals surface area (Å²) in [6.45, 7) is 1.90. The van der Waals surface area contributed by atoms with E-state index in [2.05, 4.69) is 10.2 Å². The quantitative estimate of drug-likeness (QED) is 0.625. The van der Waals surface area contributed by atoms with Gasteiger partial charge in [-0.2, -0.15) is 10.4 Å². The lowest BCUT2D eigenvalue weighted by Gasteiger charge is -2.06. The molecule has 1 aromatic carbocycles. The van der Waals surface area contributed by atoms with Gasteiger partial charge in [0.05, 0.1) is 11.1 Å². The molecule has 0 unspecified atom stereocenters. The van der Waals surface area contributed by atoms with E-state index in [-0.39, 0.29) is 22.9 Å². The Kier molecular flexibility index (Phi) is 3.86. The van der Waals surface area contributed by atoms with Crippen molar-refractivity contribution >= 4 is 5.69 Å². The molecule has 0 fully saturated rings. The van der Waals surface area contributed by atoms with Crippen molar-refractivity contribution in [3.05, 3.63) is 51.7 Å². The first-order valence-electron chi connectivity index (χ1n) is 5.82. The van der Waals surface area contributed by atoms with Crippen LogP contribution in [0.1, 0.15) is 18.1 Å². The molecule has 100 valence electrons. The van der Waals surface area contributed by atoms with Crippen LogP contribution in [0.25, 0.3) is 0 Å². The fraction of sp³-hybridized carbons (Fsp3) is 0.154. The van der Waals surface area contributed by atoms with Gasteiger partial charge in [0, 0.05) is 6.07 Å². The highest BCUT2D eigenvalue weighted by Gasteiger charge is 2.18. The minimum absolute atomic E-state index is 0.0317. The van der Waals surface area contributed by atoms with Crippen molar-refractivity contribution in [1.82, 2.24) is 10.2 Å². The van der Waals surface area contributed by atoms with Gasteiger partial charge in [0.15, 0.2) is 0 Å². The number of ether oxygens (including phenoxy) is 1. The zero-order valence-electron chi connectivity index (χ0n) is 10.6. The maximum absolute atomic E-state index is 11.1. The number of nitro benzene ring substituents is 1. The smallest absolute Gasteiger partial charge is 0.311 e. The summed E-state index contributed by atoms with van der Waals surface area (Å²) in [6.07, 6.45) is 2.02. The second kappa shape index (κ2) is 5.75. The molecule has 0 N–H and O–H groups in total. The average molecular weight is 270 g/mol. The Labute approximate surface area is 114 Å². The normalized spacial score (nSPS) is 9.80. The van der Waals surface area contributed by atoms with Gasteiger partial charge in [-0.1, -0.05) is 13.0 Å². The van der Waals surface area contributed by atoms with Crippen LogP contribution in [0.2, 0.25) is 0 Å². The highest BCUT2D eigenvalue weighted by atomic mass is 16.6. The summed E-state index contributed by atoms with van der Waals surface area (Å²) in [7, 11) is 0. The monoisotopic (exact) mass is 270 g/mol. The van der Waals surface area contributed by atoms with Crippen molar-refractivity contribution in [3.63, 3.8) is 0 Å². The summed E-state index contributed by atoms with van der Waals surface area (Å²) < 4.78 is 5.35. The molecule has 0 aliphatic carbocycles. The fourth-order valence-electron chi connectivity index (χ4n) is 1.60. The molecule has 0 spiro atoms. The number of nitrogens with zero attached hydrogens (tertiary/aromatic N) is 4. The van der Waals surface area contributed by atoms with Gasteiger partial charge in [-0.15, -0.1) is 5.10 Å². The Morgan fingerprint density at radius 3 is 2.90 bits per heavy atom. The van der Waals surface area contributed by atoms with Gasteiger partial charge in [-0.25, -0.2) is 0 Å². The van der Waals surface area contributed by atoms with Gasteiger partial charge >= 0.3 is 5.69 Å². The lowest BCUT2D eigenvalue weighted by Crippen LogP contribution is -1.98. The first kappa shape index (κ1) is 13.4. The van der Waals surface area contributed by atoms with Crippen LogP contribution in [-0.2, 0) is 6.42 Å². The third-order valence-corrected chi connectivity index (χ3v) is 2.64. The first-order chi connectivity index (χ1) is 9.65. The van der Waals surface area contributed by atoms with Crippen LogP contribution in [0.5, 0.6) is 11.6 Å². The van der Waals surface area contributed by atoms with Crippen molar-refractivity contribution < 1.29 is 9.66 Å². The highest BCUT2D eigenvalue weighted by molar-refractivity contribution is 5.51. The number of nitriles is 1. The van der Waals surface area contributed by atoms with Gasteiger partial charge in [0.1, 0.15) is 11.6 Å². The Hall–Kier alpha value is -3.01. The maximum Gasteiger partial charge on any atom is 0.311 e. The molecule has 0 amide bonds. The van der Waals surface area contributed by atoms with Crippen LogP contribution in [-0.4, -0.2) is 15.1 Å². The third-order valence-electron chi connectivity index (χ3n) is 2.64. The first-order valence-corrected chi connectivity index (χ1v) is 5.82. The molecule has 2 aromatic rings. The van der Waals surface area contributed by atoms with Gasteiger partial charge in [-0.3, -0.25) is 10.1 Å². The minimum atomic E-state index is -0.531. The Morgan fingerprint density at radius 2 is 2.25 bits per heavy atom. The van der Waals surface area contributed by atoms with Gasteiger partial charge < -0.3 is 4.74 Å². The molecule has 0 bridgehead atoms. The van der Waals surface area contributed by atoms with E-state index >= 15 is 0 Å². The SMILES string of the molecule is CCc1ccc(Oc2nnccc2C#N)c([N+](=O)[O-])c1. The minimum Gasteiger partial charge on any atom is -0.429 e. The number of rotatable bonds is 4. The summed E-state index contributed by atoms with van der Waals surface area (Å²) in [5.41, 5.74) is 0.816. The van der Waals surface area contributed by atoms with Crippen molar-refractivity contribution in [2.45, 2.75) is 13.3 Å². The lowest BCUT2D eigenvalue weighted by molar-refractivity contribution is -0.385. The summed E-state index contributed by atoms with van der Waals surface area (Å²) in [6, 6.07) is 7.98. The highest BCUT2D eigenvalue weighted by Crippen LogP contribution is 2.32. The van der Waals surface area contributed by atoms with E-state index in [1.165, 1.54) is 24.4 Å². The van der Waals surface area contributed by atoms with Crippen LogP contribution in [0.4, 0.5) is 5.69 Å². The molecule has 0 radical (unpaired) electrons. The average Bonchev–Trinajstić information content (AvgIpc) is 2.48. The molecule has 7 nitrogen and oxygen atoms in total. The Balaban J connectivity index is 2.43. The fourth-order valence-corrected chi connectivity index (χ4v) is 1.60. The topological polar surface area (TPSA) is 102 Å². The predicted octanol–water partition coefficient (Wildman–Crippen LogP) is 2.61. The molecule has 7 heteroatoms. The Bertz CT molecular complexity index is 694. The lowest BCUT2D eigenvalue weighted by atomic mass is 10.1. The summed E-state index contributed by atoms with van der Waals surface area (Å²) in [4.78, 5) is 10.5. The van der Waals surface area contributed by atoms with E-state index in [4.69, 9.17) is 10.00 Å². The van der Waals surface area contributed by atoms with Crippen molar-refractivity contribution in [2.75, 3.05) is 0 Å².